The lowest BCUT2D eigenvalue weighted by atomic mass is 10.1. The van der Waals surface area contributed by atoms with Gasteiger partial charge in [0.05, 0.1) is 11.1 Å². The van der Waals surface area contributed by atoms with Crippen LogP contribution >= 0.6 is 0 Å². The Balaban J connectivity index is 1.74. The molecule has 0 aliphatic carbocycles. The minimum atomic E-state index is -0.314. The number of rotatable bonds is 6. The van der Waals surface area contributed by atoms with Crippen molar-refractivity contribution in [1.29, 1.82) is 0 Å². The van der Waals surface area contributed by atoms with E-state index >= 15 is 0 Å². The van der Waals surface area contributed by atoms with Crippen LogP contribution in [0.4, 0.5) is 0 Å². The molecule has 0 unspecified atom stereocenters. The van der Waals surface area contributed by atoms with Gasteiger partial charge in [0.2, 0.25) is 0 Å². The normalized spacial score (nSPS) is 13.1. The lowest BCUT2D eigenvalue weighted by molar-refractivity contribution is 0.0652. The Morgan fingerprint density at radius 3 is 2.44 bits per heavy atom. The molecule has 25 heavy (non-hydrogen) atoms. The van der Waals surface area contributed by atoms with E-state index in [1.54, 1.807) is 12.1 Å². The summed E-state index contributed by atoms with van der Waals surface area (Å²) in [7, 11) is 0. The van der Waals surface area contributed by atoms with Crippen LogP contribution in [0.15, 0.2) is 48.5 Å². The van der Waals surface area contributed by atoms with E-state index in [2.05, 4.69) is 5.32 Å². The second kappa shape index (κ2) is 7.30. The topological polar surface area (TPSA) is 66.5 Å². The molecule has 0 fully saturated rings. The summed E-state index contributed by atoms with van der Waals surface area (Å²) in [5.74, 6) is -0.852. The summed E-state index contributed by atoms with van der Waals surface area (Å²) in [4.78, 5) is 38.4. The molecule has 5 heteroatoms. The number of nitrogens with zero attached hydrogens (tertiary/aromatic N) is 1. The average Bonchev–Trinajstić information content (AvgIpc) is 2.89. The van der Waals surface area contributed by atoms with Crippen LogP contribution in [0.25, 0.3) is 0 Å². The van der Waals surface area contributed by atoms with Gasteiger partial charge < -0.3 is 5.32 Å². The zero-order valence-corrected chi connectivity index (χ0v) is 14.1. The van der Waals surface area contributed by atoms with Crippen LogP contribution in [0.2, 0.25) is 0 Å². The van der Waals surface area contributed by atoms with Crippen LogP contribution in [0, 0.1) is 0 Å². The van der Waals surface area contributed by atoms with Crippen molar-refractivity contribution in [3.05, 3.63) is 70.8 Å². The monoisotopic (exact) mass is 336 g/mol. The van der Waals surface area contributed by atoms with Gasteiger partial charge in [-0.1, -0.05) is 43.7 Å². The van der Waals surface area contributed by atoms with Gasteiger partial charge in [-0.25, -0.2) is 0 Å². The largest absolute Gasteiger partial charge is 0.348 e. The summed E-state index contributed by atoms with van der Waals surface area (Å²) in [5.41, 5.74) is 2.07. The standard InChI is InChI=1S/C20H20N2O3/c1-2-3-11-22-19(24)16-10-9-15(12-17(16)20(22)25)18(23)21-13-14-7-5-4-6-8-14/h4-10,12H,2-3,11,13H2,1H3,(H,21,23). The SMILES string of the molecule is CCCCN1C(=O)c2ccc(C(=O)NCc3ccccc3)cc2C1=O. The first-order valence-corrected chi connectivity index (χ1v) is 8.44. The van der Waals surface area contributed by atoms with Gasteiger partial charge in [-0.15, -0.1) is 0 Å². The molecule has 3 rings (SSSR count). The highest BCUT2D eigenvalue weighted by Gasteiger charge is 2.35. The van der Waals surface area contributed by atoms with Gasteiger partial charge in [0.25, 0.3) is 17.7 Å². The number of nitrogens with one attached hydrogen (secondary N) is 1. The van der Waals surface area contributed by atoms with Crippen LogP contribution in [-0.4, -0.2) is 29.2 Å². The highest BCUT2D eigenvalue weighted by molar-refractivity contribution is 6.22. The molecule has 0 saturated heterocycles. The fourth-order valence-corrected chi connectivity index (χ4v) is 2.83. The highest BCUT2D eigenvalue weighted by Crippen LogP contribution is 2.24. The van der Waals surface area contributed by atoms with Crippen molar-refractivity contribution in [2.24, 2.45) is 0 Å². The van der Waals surface area contributed by atoms with E-state index in [0.717, 1.165) is 18.4 Å². The van der Waals surface area contributed by atoms with Crippen LogP contribution in [0.3, 0.4) is 0 Å². The Hall–Kier alpha value is -2.95. The second-order valence-corrected chi connectivity index (χ2v) is 6.04. The molecule has 0 saturated carbocycles. The Labute approximate surface area is 146 Å². The molecular formula is C20H20N2O3. The summed E-state index contributed by atoms with van der Waals surface area (Å²) in [5, 5.41) is 2.83. The molecule has 2 aromatic rings. The Bertz CT molecular complexity index is 815. The molecule has 1 N–H and O–H groups in total. The highest BCUT2D eigenvalue weighted by atomic mass is 16.2. The molecule has 2 aromatic carbocycles. The summed E-state index contributed by atoms with van der Waals surface area (Å²) >= 11 is 0. The zero-order chi connectivity index (χ0) is 17.8. The number of unbranched alkanes of at least 4 members (excludes halogenated alkanes) is 1. The van der Waals surface area contributed by atoms with E-state index < -0.39 is 0 Å². The maximum atomic E-state index is 12.4. The van der Waals surface area contributed by atoms with Crippen molar-refractivity contribution in [2.45, 2.75) is 26.3 Å². The molecule has 3 amide bonds. The smallest absolute Gasteiger partial charge is 0.261 e. The quantitative estimate of drug-likeness (QED) is 0.825. The number of hydrogen-bond donors (Lipinski definition) is 1. The fraction of sp³-hybridized carbons (Fsp3) is 0.250. The molecule has 5 nitrogen and oxygen atoms in total. The molecule has 128 valence electrons. The number of imide groups is 1. The van der Waals surface area contributed by atoms with Gasteiger partial charge >= 0.3 is 0 Å². The van der Waals surface area contributed by atoms with Gasteiger partial charge in [-0.2, -0.15) is 0 Å². The molecule has 1 aliphatic heterocycles. The molecule has 0 bridgehead atoms. The number of fused-ring (bicyclic) bond motifs is 1. The van der Waals surface area contributed by atoms with E-state index in [-0.39, 0.29) is 17.7 Å². The van der Waals surface area contributed by atoms with Crippen molar-refractivity contribution in [3.63, 3.8) is 0 Å². The zero-order valence-electron chi connectivity index (χ0n) is 14.1. The van der Waals surface area contributed by atoms with E-state index in [9.17, 15) is 14.4 Å². The van der Waals surface area contributed by atoms with Crippen molar-refractivity contribution in [1.82, 2.24) is 10.2 Å². The van der Waals surface area contributed by atoms with Crippen molar-refractivity contribution < 1.29 is 14.4 Å². The molecule has 1 heterocycles. The second-order valence-electron chi connectivity index (χ2n) is 6.04. The van der Waals surface area contributed by atoms with Gasteiger partial charge in [0.15, 0.2) is 0 Å². The number of amides is 3. The third-order valence-corrected chi connectivity index (χ3v) is 4.26. The summed E-state index contributed by atoms with van der Waals surface area (Å²) < 4.78 is 0. The molecular weight excluding hydrogens is 316 g/mol. The van der Waals surface area contributed by atoms with Crippen molar-refractivity contribution in [2.75, 3.05) is 6.54 Å². The lowest BCUT2D eigenvalue weighted by Crippen LogP contribution is -2.30. The number of hydrogen-bond acceptors (Lipinski definition) is 3. The Morgan fingerprint density at radius 2 is 1.72 bits per heavy atom. The maximum Gasteiger partial charge on any atom is 0.261 e. The van der Waals surface area contributed by atoms with Crippen LogP contribution in [-0.2, 0) is 6.54 Å². The van der Waals surface area contributed by atoms with E-state index in [1.807, 2.05) is 37.3 Å². The van der Waals surface area contributed by atoms with E-state index in [0.29, 0.717) is 29.8 Å². The number of carbonyl (C=O) groups is 3. The van der Waals surface area contributed by atoms with Gasteiger partial charge in [0.1, 0.15) is 0 Å². The summed E-state index contributed by atoms with van der Waals surface area (Å²) in [6, 6.07) is 14.3. The minimum absolute atomic E-state index is 0.265. The summed E-state index contributed by atoms with van der Waals surface area (Å²) in [6.45, 7) is 2.83. The third-order valence-electron chi connectivity index (χ3n) is 4.26. The average molecular weight is 336 g/mol. The molecule has 1 aliphatic rings. The molecule has 0 spiro atoms. The molecule has 0 atom stereocenters. The molecule has 0 radical (unpaired) electrons. The van der Waals surface area contributed by atoms with Crippen LogP contribution in [0.5, 0.6) is 0 Å². The minimum Gasteiger partial charge on any atom is -0.348 e. The first kappa shape index (κ1) is 16.9. The van der Waals surface area contributed by atoms with E-state index in [4.69, 9.17) is 0 Å². The van der Waals surface area contributed by atoms with Crippen LogP contribution < -0.4 is 5.32 Å². The van der Waals surface area contributed by atoms with Gasteiger partial charge in [0, 0.05) is 18.7 Å². The van der Waals surface area contributed by atoms with Gasteiger partial charge in [-0.05, 0) is 30.2 Å². The fourth-order valence-electron chi connectivity index (χ4n) is 2.83. The summed E-state index contributed by atoms with van der Waals surface area (Å²) in [6.07, 6.45) is 1.68. The van der Waals surface area contributed by atoms with Crippen LogP contribution in [0.1, 0.15) is 56.4 Å². The first-order chi connectivity index (χ1) is 12.1. The maximum absolute atomic E-state index is 12.4. The third kappa shape index (κ3) is 3.45. The van der Waals surface area contributed by atoms with Gasteiger partial charge in [-0.3, -0.25) is 19.3 Å². The predicted molar refractivity (Wildman–Crippen MR) is 94.3 cm³/mol. The number of carbonyl (C=O) groups excluding carboxylic acids is 3. The lowest BCUT2D eigenvalue weighted by Gasteiger charge is -2.12. The Kier molecular flexibility index (Phi) is 4.93. The van der Waals surface area contributed by atoms with Crippen molar-refractivity contribution >= 4 is 17.7 Å². The van der Waals surface area contributed by atoms with E-state index in [1.165, 1.54) is 11.0 Å². The Morgan fingerprint density at radius 1 is 1.00 bits per heavy atom. The number of benzene rings is 2. The predicted octanol–water partition coefficient (Wildman–Crippen LogP) is 3.01. The van der Waals surface area contributed by atoms with Crippen molar-refractivity contribution in [3.8, 4) is 0 Å². The molecule has 0 aromatic heterocycles. The first-order valence-electron chi connectivity index (χ1n) is 8.44.